The maximum atomic E-state index is 13.4. The molecule has 1 aliphatic heterocycles. The van der Waals surface area contributed by atoms with Crippen molar-refractivity contribution in [3.63, 3.8) is 0 Å². The molecule has 1 aliphatic rings. The molecule has 0 bridgehead atoms. The lowest BCUT2D eigenvalue weighted by Gasteiger charge is -2.34. The summed E-state index contributed by atoms with van der Waals surface area (Å²) < 4.78 is 45.5. The van der Waals surface area contributed by atoms with E-state index in [0.29, 0.717) is 31.3 Å². The van der Waals surface area contributed by atoms with Crippen molar-refractivity contribution in [3.8, 4) is 0 Å². The zero-order chi connectivity index (χ0) is 20.9. The minimum atomic E-state index is -3.72. The summed E-state index contributed by atoms with van der Waals surface area (Å²) in [6, 6.07) is 12.4. The van der Waals surface area contributed by atoms with Crippen molar-refractivity contribution in [2.45, 2.75) is 17.6 Å². The van der Waals surface area contributed by atoms with Crippen LogP contribution in [0.1, 0.15) is 5.56 Å². The number of nitrogens with zero attached hydrogens (tertiary/aromatic N) is 2. The first-order valence-corrected chi connectivity index (χ1v) is 11.2. The highest BCUT2D eigenvalue weighted by atomic mass is 35.5. The molecule has 0 aliphatic carbocycles. The number of sulfonamides is 1. The van der Waals surface area contributed by atoms with Crippen molar-refractivity contribution in [1.82, 2.24) is 9.21 Å². The van der Waals surface area contributed by atoms with Gasteiger partial charge in [0.2, 0.25) is 10.0 Å². The van der Waals surface area contributed by atoms with Crippen LogP contribution in [-0.2, 0) is 21.4 Å². The van der Waals surface area contributed by atoms with E-state index in [1.165, 1.54) is 22.5 Å². The number of aliphatic hydroxyl groups excluding tert-OH is 1. The lowest BCUT2D eigenvalue weighted by Crippen LogP contribution is -2.50. The van der Waals surface area contributed by atoms with Crippen molar-refractivity contribution in [3.05, 3.63) is 64.9 Å². The third-order valence-corrected chi connectivity index (χ3v) is 7.02. The van der Waals surface area contributed by atoms with Gasteiger partial charge in [-0.15, -0.1) is 0 Å². The van der Waals surface area contributed by atoms with Gasteiger partial charge in [-0.05, 0) is 29.8 Å². The van der Waals surface area contributed by atoms with Crippen LogP contribution in [0.2, 0.25) is 5.02 Å². The smallest absolute Gasteiger partial charge is 0.243 e. The Kier molecular flexibility index (Phi) is 7.61. The van der Waals surface area contributed by atoms with Crippen LogP contribution >= 0.6 is 11.6 Å². The lowest BCUT2D eigenvalue weighted by atomic mass is 10.2. The molecular weight excluding hydrogens is 419 g/mol. The van der Waals surface area contributed by atoms with Crippen LogP contribution in [0.25, 0.3) is 0 Å². The van der Waals surface area contributed by atoms with Crippen LogP contribution < -0.4 is 0 Å². The fourth-order valence-electron chi connectivity index (χ4n) is 3.20. The maximum absolute atomic E-state index is 13.4. The van der Waals surface area contributed by atoms with Gasteiger partial charge >= 0.3 is 0 Å². The second-order valence-electron chi connectivity index (χ2n) is 6.92. The average molecular weight is 443 g/mol. The summed E-state index contributed by atoms with van der Waals surface area (Å²) in [5, 5.41) is 10.8. The molecule has 1 fully saturated rings. The van der Waals surface area contributed by atoms with E-state index in [9.17, 15) is 17.9 Å². The molecule has 1 atom stereocenters. The fraction of sp³-hybridized carbons (Fsp3) is 0.400. The Bertz CT molecular complexity index is 920. The maximum Gasteiger partial charge on any atom is 0.243 e. The number of β-amino-alcohol motifs (C(OH)–C–C–N with tert-alkyl or cyclic N) is 1. The van der Waals surface area contributed by atoms with Crippen molar-refractivity contribution < 1.29 is 22.7 Å². The number of benzene rings is 2. The molecule has 0 spiro atoms. The number of ether oxygens (including phenoxy) is 1. The van der Waals surface area contributed by atoms with Gasteiger partial charge < -0.3 is 9.84 Å². The Morgan fingerprint density at radius 2 is 1.83 bits per heavy atom. The molecule has 3 rings (SSSR count). The van der Waals surface area contributed by atoms with Crippen molar-refractivity contribution in [2.75, 3.05) is 39.3 Å². The predicted octanol–water partition coefficient (Wildman–Crippen LogP) is 2.36. The SMILES string of the molecule is O=S(=O)(c1cccc(F)c1)N1CCN(CC(O)COCc2ccccc2Cl)CC1. The Labute approximate surface area is 175 Å². The minimum absolute atomic E-state index is 0.0426. The van der Waals surface area contributed by atoms with Crippen molar-refractivity contribution in [2.24, 2.45) is 0 Å². The molecule has 6 nitrogen and oxygen atoms in total. The third-order valence-electron chi connectivity index (χ3n) is 4.76. The van der Waals surface area contributed by atoms with Crippen LogP contribution in [0.3, 0.4) is 0 Å². The molecule has 2 aromatic rings. The first-order valence-electron chi connectivity index (χ1n) is 9.33. The molecule has 29 heavy (non-hydrogen) atoms. The summed E-state index contributed by atoms with van der Waals surface area (Å²) in [4.78, 5) is 1.94. The van der Waals surface area contributed by atoms with Gasteiger partial charge in [0.1, 0.15) is 5.82 Å². The monoisotopic (exact) mass is 442 g/mol. The molecule has 1 saturated heterocycles. The zero-order valence-electron chi connectivity index (χ0n) is 15.9. The number of piperazine rings is 1. The van der Waals surface area contributed by atoms with Crippen LogP contribution in [0.15, 0.2) is 53.4 Å². The first-order chi connectivity index (χ1) is 13.9. The van der Waals surface area contributed by atoms with Gasteiger partial charge in [0, 0.05) is 37.7 Å². The topological polar surface area (TPSA) is 70.1 Å². The number of rotatable bonds is 8. The standard InChI is InChI=1S/C20H24ClFN2O4S/c21-20-7-2-1-4-16(20)14-28-15-18(25)13-23-8-10-24(11-9-23)29(26,27)19-6-3-5-17(22)12-19/h1-7,12,18,25H,8-11,13-15H2. The predicted molar refractivity (Wildman–Crippen MR) is 109 cm³/mol. The first kappa shape index (κ1) is 22.1. The molecule has 1 heterocycles. The molecule has 0 radical (unpaired) electrons. The van der Waals surface area contributed by atoms with Crippen LogP contribution in [0.5, 0.6) is 0 Å². The Balaban J connectivity index is 1.44. The van der Waals surface area contributed by atoms with E-state index < -0.39 is 21.9 Å². The van der Waals surface area contributed by atoms with Crippen molar-refractivity contribution in [1.29, 1.82) is 0 Å². The fourth-order valence-corrected chi connectivity index (χ4v) is 4.84. The van der Waals surface area contributed by atoms with E-state index >= 15 is 0 Å². The quantitative estimate of drug-likeness (QED) is 0.679. The molecule has 158 valence electrons. The van der Waals surface area contributed by atoms with E-state index in [1.807, 2.05) is 23.1 Å². The Morgan fingerprint density at radius 3 is 2.52 bits per heavy atom. The van der Waals surface area contributed by atoms with Crippen LogP contribution in [0, 0.1) is 5.82 Å². The summed E-state index contributed by atoms with van der Waals surface area (Å²) in [5.41, 5.74) is 0.859. The largest absolute Gasteiger partial charge is 0.389 e. The molecule has 0 saturated carbocycles. The van der Waals surface area contributed by atoms with Crippen LogP contribution in [0.4, 0.5) is 4.39 Å². The highest BCUT2D eigenvalue weighted by molar-refractivity contribution is 7.89. The summed E-state index contributed by atoms with van der Waals surface area (Å²) >= 11 is 6.07. The van der Waals surface area contributed by atoms with Gasteiger partial charge in [-0.2, -0.15) is 4.31 Å². The molecule has 0 amide bonds. The Hall–Kier alpha value is -1.55. The van der Waals surface area contributed by atoms with Gasteiger partial charge in [-0.1, -0.05) is 35.9 Å². The molecular formula is C20H24ClFN2O4S. The number of hydrogen-bond donors (Lipinski definition) is 1. The van der Waals surface area contributed by atoms with E-state index in [4.69, 9.17) is 16.3 Å². The molecule has 9 heteroatoms. The second kappa shape index (κ2) is 9.97. The third kappa shape index (κ3) is 5.97. The lowest BCUT2D eigenvalue weighted by molar-refractivity contribution is 0.00540. The van der Waals surface area contributed by atoms with E-state index in [2.05, 4.69) is 0 Å². The summed E-state index contributed by atoms with van der Waals surface area (Å²) in [6.45, 7) is 2.39. The summed E-state index contributed by atoms with van der Waals surface area (Å²) in [7, 11) is -3.72. The normalized spacial score (nSPS) is 17.3. The second-order valence-corrected chi connectivity index (χ2v) is 9.27. The Morgan fingerprint density at radius 1 is 1.10 bits per heavy atom. The summed E-state index contributed by atoms with van der Waals surface area (Å²) in [6.07, 6.45) is -0.691. The number of halogens is 2. The minimum Gasteiger partial charge on any atom is -0.389 e. The van der Waals surface area contributed by atoms with Crippen LogP contribution in [-0.4, -0.2) is 68.2 Å². The van der Waals surface area contributed by atoms with Gasteiger partial charge in [0.25, 0.3) is 0 Å². The van der Waals surface area contributed by atoms with Gasteiger partial charge in [0.05, 0.1) is 24.2 Å². The molecule has 2 aromatic carbocycles. The average Bonchev–Trinajstić information content (AvgIpc) is 2.70. The van der Waals surface area contributed by atoms with Gasteiger partial charge in [-0.3, -0.25) is 4.90 Å². The number of hydrogen-bond acceptors (Lipinski definition) is 5. The van der Waals surface area contributed by atoms with Gasteiger partial charge in [0.15, 0.2) is 0 Å². The van der Waals surface area contributed by atoms with Crippen molar-refractivity contribution >= 4 is 21.6 Å². The molecule has 0 aromatic heterocycles. The number of aliphatic hydroxyl groups is 1. The highest BCUT2D eigenvalue weighted by Crippen LogP contribution is 2.19. The zero-order valence-corrected chi connectivity index (χ0v) is 17.4. The molecule has 1 N–H and O–H groups in total. The van der Waals surface area contributed by atoms with Gasteiger partial charge in [-0.25, -0.2) is 12.8 Å². The molecule has 1 unspecified atom stereocenters. The van der Waals surface area contributed by atoms with E-state index in [0.717, 1.165) is 11.6 Å². The van der Waals surface area contributed by atoms with E-state index in [1.54, 1.807) is 6.07 Å². The summed E-state index contributed by atoms with van der Waals surface area (Å²) in [5.74, 6) is -0.579. The van der Waals surface area contributed by atoms with E-state index in [-0.39, 0.29) is 24.6 Å². The highest BCUT2D eigenvalue weighted by Gasteiger charge is 2.29.